The maximum Gasteiger partial charge on any atom is 0.241 e. The van der Waals surface area contributed by atoms with Crippen molar-refractivity contribution >= 4 is 11.9 Å². The van der Waals surface area contributed by atoms with Crippen LogP contribution in [0.4, 0.5) is 0 Å². The second kappa shape index (κ2) is 12.3. The quantitative estimate of drug-likeness (QED) is 0.367. The van der Waals surface area contributed by atoms with Crippen molar-refractivity contribution in [3.05, 3.63) is 83.7 Å². The van der Waals surface area contributed by atoms with Crippen LogP contribution >= 0.6 is 0 Å². The molecule has 2 N–H and O–H groups in total. The molecule has 1 heterocycles. The Morgan fingerprint density at radius 2 is 1.82 bits per heavy atom. The van der Waals surface area contributed by atoms with Crippen LogP contribution < -0.4 is 15.4 Å². The minimum atomic E-state index is -0.0151. The second-order valence-corrected chi connectivity index (χ2v) is 7.80. The first-order valence-corrected chi connectivity index (χ1v) is 10.9. The molecule has 0 saturated heterocycles. The van der Waals surface area contributed by atoms with Gasteiger partial charge in [0.05, 0.1) is 26.7 Å². The molecule has 2 aromatic carbocycles. The van der Waals surface area contributed by atoms with Crippen molar-refractivity contribution in [3.8, 4) is 5.75 Å². The summed E-state index contributed by atoms with van der Waals surface area (Å²) in [5.41, 5.74) is 3.46. The SMILES string of the molecule is COc1ccc(CCNC(=NCc2ccccc2Cn2cccn2)NCC(=O)N(C)C)cc1. The Morgan fingerprint density at radius 1 is 1.06 bits per heavy atom. The molecule has 0 fully saturated rings. The minimum Gasteiger partial charge on any atom is -0.497 e. The van der Waals surface area contributed by atoms with Crippen LogP contribution in [0.2, 0.25) is 0 Å². The largest absolute Gasteiger partial charge is 0.497 e. The average molecular weight is 449 g/mol. The van der Waals surface area contributed by atoms with Crippen molar-refractivity contribution < 1.29 is 9.53 Å². The third-order valence-electron chi connectivity index (χ3n) is 5.19. The summed E-state index contributed by atoms with van der Waals surface area (Å²) in [7, 11) is 5.14. The fraction of sp³-hybridized carbons (Fsp3) is 0.320. The maximum absolute atomic E-state index is 12.1. The van der Waals surface area contributed by atoms with E-state index in [1.165, 1.54) is 5.56 Å². The van der Waals surface area contributed by atoms with Crippen molar-refractivity contribution in [2.24, 2.45) is 4.99 Å². The van der Waals surface area contributed by atoms with E-state index in [0.717, 1.165) is 23.3 Å². The zero-order chi connectivity index (χ0) is 23.5. The predicted octanol–water partition coefficient (Wildman–Crippen LogP) is 2.31. The van der Waals surface area contributed by atoms with Gasteiger partial charge < -0.3 is 20.3 Å². The third kappa shape index (κ3) is 7.68. The lowest BCUT2D eigenvalue weighted by Gasteiger charge is -2.15. The van der Waals surface area contributed by atoms with Crippen molar-refractivity contribution in [1.29, 1.82) is 0 Å². The number of carbonyl (C=O) groups excluding carboxylic acids is 1. The van der Waals surface area contributed by atoms with Gasteiger partial charge >= 0.3 is 0 Å². The van der Waals surface area contributed by atoms with Gasteiger partial charge in [-0.2, -0.15) is 5.10 Å². The minimum absolute atomic E-state index is 0.0151. The number of aromatic nitrogens is 2. The first-order valence-electron chi connectivity index (χ1n) is 10.9. The van der Waals surface area contributed by atoms with E-state index in [0.29, 0.717) is 25.6 Å². The molecule has 0 unspecified atom stereocenters. The molecule has 174 valence electrons. The van der Waals surface area contributed by atoms with Gasteiger partial charge in [-0.05, 0) is 41.3 Å². The number of amides is 1. The van der Waals surface area contributed by atoms with E-state index < -0.39 is 0 Å². The van der Waals surface area contributed by atoms with Crippen LogP contribution in [0.25, 0.3) is 0 Å². The molecule has 3 rings (SSSR count). The smallest absolute Gasteiger partial charge is 0.241 e. The van der Waals surface area contributed by atoms with Crippen LogP contribution in [0, 0.1) is 0 Å². The number of methoxy groups -OCH3 is 1. The second-order valence-electron chi connectivity index (χ2n) is 7.80. The molecule has 33 heavy (non-hydrogen) atoms. The number of likely N-dealkylation sites (N-methyl/N-ethyl adjacent to an activating group) is 1. The van der Waals surface area contributed by atoms with Gasteiger partial charge in [0.15, 0.2) is 5.96 Å². The van der Waals surface area contributed by atoms with Gasteiger partial charge in [0, 0.05) is 33.0 Å². The molecule has 0 atom stereocenters. The number of nitrogens with zero attached hydrogens (tertiary/aromatic N) is 4. The Balaban J connectivity index is 1.65. The first-order chi connectivity index (χ1) is 16.0. The van der Waals surface area contributed by atoms with Gasteiger partial charge in [-0.25, -0.2) is 4.99 Å². The molecule has 0 radical (unpaired) electrons. The molecule has 8 nitrogen and oxygen atoms in total. The maximum atomic E-state index is 12.1. The highest BCUT2D eigenvalue weighted by molar-refractivity contribution is 5.86. The van der Waals surface area contributed by atoms with Crippen molar-refractivity contribution in [1.82, 2.24) is 25.3 Å². The molecule has 0 aliphatic rings. The van der Waals surface area contributed by atoms with Gasteiger partial charge in [-0.15, -0.1) is 0 Å². The number of nitrogens with one attached hydrogen (secondary N) is 2. The molecule has 3 aromatic rings. The number of guanidine groups is 1. The fourth-order valence-corrected chi connectivity index (χ4v) is 3.21. The molecule has 1 amide bonds. The first kappa shape index (κ1) is 23.8. The summed E-state index contributed by atoms with van der Waals surface area (Å²) >= 11 is 0. The van der Waals surface area contributed by atoms with E-state index in [-0.39, 0.29) is 12.5 Å². The highest BCUT2D eigenvalue weighted by atomic mass is 16.5. The summed E-state index contributed by atoms with van der Waals surface area (Å²) < 4.78 is 7.11. The van der Waals surface area contributed by atoms with Crippen molar-refractivity contribution in [3.63, 3.8) is 0 Å². The lowest BCUT2D eigenvalue weighted by atomic mass is 10.1. The fourth-order valence-electron chi connectivity index (χ4n) is 3.21. The Kier molecular flexibility index (Phi) is 8.88. The number of ether oxygens (including phenoxy) is 1. The molecule has 0 aliphatic heterocycles. The predicted molar refractivity (Wildman–Crippen MR) is 130 cm³/mol. The number of aliphatic imine (C=N–C) groups is 1. The molecule has 1 aromatic heterocycles. The summed E-state index contributed by atoms with van der Waals surface area (Å²) in [6.45, 7) is 2.04. The Hall–Kier alpha value is -3.81. The number of carbonyl (C=O) groups is 1. The van der Waals surface area contributed by atoms with Gasteiger partial charge in [0.25, 0.3) is 0 Å². The average Bonchev–Trinajstić information content (AvgIpc) is 3.34. The molecular weight excluding hydrogens is 416 g/mol. The van der Waals surface area contributed by atoms with E-state index in [1.54, 1.807) is 32.3 Å². The molecule has 0 saturated carbocycles. The number of rotatable bonds is 10. The molecular formula is C25H32N6O2. The monoisotopic (exact) mass is 448 g/mol. The van der Waals surface area contributed by atoms with Crippen molar-refractivity contribution in [2.45, 2.75) is 19.5 Å². The van der Waals surface area contributed by atoms with E-state index >= 15 is 0 Å². The van der Waals surface area contributed by atoms with Gasteiger partial charge in [-0.3, -0.25) is 9.48 Å². The number of hydrogen-bond acceptors (Lipinski definition) is 4. The lowest BCUT2D eigenvalue weighted by molar-refractivity contribution is -0.127. The summed E-state index contributed by atoms with van der Waals surface area (Å²) in [6.07, 6.45) is 4.54. The van der Waals surface area contributed by atoms with Crippen LogP contribution in [0.3, 0.4) is 0 Å². The normalized spacial score (nSPS) is 11.2. The van der Waals surface area contributed by atoms with Crippen molar-refractivity contribution in [2.75, 3.05) is 34.3 Å². The van der Waals surface area contributed by atoms with Gasteiger partial charge in [0.2, 0.25) is 5.91 Å². The Bertz CT molecular complexity index is 1030. The standard InChI is InChI=1S/C25H32N6O2/c1-30(2)24(32)18-28-25(26-15-13-20-9-11-23(33-3)12-10-20)27-17-21-7-4-5-8-22(21)19-31-16-6-14-29-31/h4-12,14,16H,13,15,17-19H2,1-3H3,(H2,26,27,28). The van der Waals surface area contributed by atoms with E-state index in [4.69, 9.17) is 9.73 Å². The third-order valence-corrected chi connectivity index (χ3v) is 5.19. The summed E-state index contributed by atoms with van der Waals surface area (Å²) in [4.78, 5) is 18.4. The molecule has 0 aliphatic carbocycles. The summed E-state index contributed by atoms with van der Waals surface area (Å²) in [5.74, 6) is 1.43. The summed E-state index contributed by atoms with van der Waals surface area (Å²) in [6, 6.07) is 18.1. The Morgan fingerprint density at radius 3 is 2.48 bits per heavy atom. The van der Waals surface area contributed by atoms with E-state index in [2.05, 4.69) is 27.9 Å². The molecule has 8 heteroatoms. The summed E-state index contributed by atoms with van der Waals surface area (Å²) in [5, 5.41) is 10.8. The molecule has 0 bridgehead atoms. The zero-order valence-corrected chi connectivity index (χ0v) is 19.5. The highest BCUT2D eigenvalue weighted by Gasteiger charge is 2.08. The van der Waals surface area contributed by atoms with Crippen LogP contribution in [-0.2, 0) is 24.3 Å². The number of hydrogen-bond donors (Lipinski definition) is 2. The van der Waals surface area contributed by atoms with Gasteiger partial charge in [-0.1, -0.05) is 36.4 Å². The topological polar surface area (TPSA) is 83.8 Å². The van der Waals surface area contributed by atoms with Crippen LogP contribution in [-0.4, -0.2) is 60.8 Å². The van der Waals surface area contributed by atoms with Crippen LogP contribution in [0.1, 0.15) is 16.7 Å². The Labute approximate surface area is 195 Å². The van der Waals surface area contributed by atoms with Gasteiger partial charge in [0.1, 0.15) is 5.75 Å². The van der Waals surface area contributed by atoms with E-state index in [9.17, 15) is 4.79 Å². The number of benzene rings is 2. The zero-order valence-electron chi connectivity index (χ0n) is 19.5. The van der Waals surface area contributed by atoms with Crippen LogP contribution in [0.5, 0.6) is 5.75 Å². The lowest BCUT2D eigenvalue weighted by Crippen LogP contribution is -2.43. The van der Waals surface area contributed by atoms with E-state index in [1.807, 2.05) is 53.3 Å². The molecule has 0 spiro atoms. The van der Waals surface area contributed by atoms with Crippen LogP contribution in [0.15, 0.2) is 72.0 Å². The highest BCUT2D eigenvalue weighted by Crippen LogP contribution is 2.12.